The van der Waals surface area contributed by atoms with Crippen LogP contribution in [0.1, 0.15) is 341 Å². The van der Waals surface area contributed by atoms with E-state index in [4.69, 9.17) is 0 Å². The molecule has 2 atom stereocenters. The first kappa shape index (κ1) is 63.9. The van der Waals surface area contributed by atoms with Crippen molar-refractivity contribution in [3.63, 3.8) is 0 Å². The van der Waals surface area contributed by atoms with E-state index < -0.39 is 12.1 Å². The fourth-order valence-corrected chi connectivity index (χ4v) is 9.63. The molecule has 0 aliphatic rings. The molecule has 0 aromatic carbocycles. The minimum Gasteiger partial charge on any atom is -0.394 e. The predicted octanol–water partition coefficient (Wildman–Crippen LogP) is 19.9. The zero-order valence-corrected chi connectivity index (χ0v) is 44.5. The van der Waals surface area contributed by atoms with E-state index in [0.717, 1.165) is 32.1 Å². The topological polar surface area (TPSA) is 69.6 Å². The summed E-state index contributed by atoms with van der Waals surface area (Å²) in [5.74, 6) is -0.0253. The number of aliphatic hydroxyl groups is 2. The highest BCUT2D eigenvalue weighted by atomic mass is 16.3. The second-order valence-electron chi connectivity index (χ2n) is 20.8. The van der Waals surface area contributed by atoms with Crippen molar-refractivity contribution in [2.24, 2.45) is 0 Å². The van der Waals surface area contributed by atoms with Crippen molar-refractivity contribution < 1.29 is 15.0 Å². The monoisotopic (exact) mass is 914 g/mol. The van der Waals surface area contributed by atoms with E-state index in [9.17, 15) is 15.0 Å². The van der Waals surface area contributed by atoms with E-state index in [0.29, 0.717) is 12.8 Å². The maximum atomic E-state index is 12.5. The summed E-state index contributed by atoms with van der Waals surface area (Å²) in [6.45, 7) is 4.39. The Hall–Kier alpha value is -1.13. The smallest absolute Gasteiger partial charge is 0.220 e. The van der Waals surface area contributed by atoms with E-state index in [-0.39, 0.29) is 12.5 Å². The standard InChI is InChI=1S/C61H119NO3/c1-3-5-7-9-11-13-15-17-19-21-23-25-27-29-31-33-35-37-39-41-43-45-47-49-51-53-55-57-61(65)62-59(58-63)60(64)56-54-52-50-48-46-44-42-40-38-36-34-32-30-28-26-24-22-20-18-16-14-12-10-8-6-4-2/h15,17,21,23,59-60,63-64H,3-14,16,18-20,22,24-58H2,1-2H3,(H,62,65)/b17-15-,23-21-. The fraction of sp³-hybridized carbons (Fsp3) is 0.918. The number of unbranched alkanes of at least 4 members (excludes halogenated alkanes) is 45. The third-order valence-electron chi connectivity index (χ3n) is 14.2. The first-order valence-corrected chi connectivity index (χ1v) is 30.0. The summed E-state index contributed by atoms with van der Waals surface area (Å²) < 4.78 is 0. The first-order valence-electron chi connectivity index (χ1n) is 30.0. The van der Waals surface area contributed by atoms with Gasteiger partial charge in [-0.25, -0.2) is 0 Å². The van der Waals surface area contributed by atoms with Crippen LogP contribution in [0, 0.1) is 0 Å². The van der Waals surface area contributed by atoms with Crippen molar-refractivity contribution >= 4 is 5.91 Å². The molecule has 0 aliphatic heterocycles. The number of rotatable bonds is 56. The maximum absolute atomic E-state index is 12.5. The Morgan fingerprint density at radius 3 is 0.923 bits per heavy atom. The number of carbonyl (C=O) groups excluding carboxylic acids is 1. The van der Waals surface area contributed by atoms with Crippen LogP contribution in [-0.2, 0) is 4.79 Å². The summed E-state index contributed by atoms with van der Waals surface area (Å²) in [5.41, 5.74) is 0. The zero-order valence-electron chi connectivity index (χ0n) is 44.5. The van der Waals surface area contributed by atoms with Crippen LogP contribution in [-0.4, -0.2) is 34.9 Å². The van der Waals surface area contributed by atoms with Crippen LogP contribution in [0.5, 0.6) is 0 Å². The highest BCUT2D eigenvalue weighted by molar-refractivity contribution is 5.76. The summed E-state index contributed by atoms with van der Waals surface area (Å²) in [6, 6.07) is -0.536. The number of aliphatic hydroxyl groups excluding tert-OH is 2. The molecule has 65 heavy (non-hydrogen) atoms. The molecule has 0 aromatic heterocycles. The lowest BCUT2D eigenvalue weighted by atomic mass is 10.0. The predicted molar refractivity (Wildman–Crippen MR) is 290 cm³/mol. The molecule has 2 unspecified atom stereocenters. The molecular weight excluding hydrogens is 795 g/mol. The molecule has 0 spiro atoms. The molecule has 0 radical (unpaired) electrons. The molecule has 3 N–H and O–H groups in total. The van der Waals surface area contributed by atoms with Crippen LogP contribution in [0.25, 0.3) is 0 Å². The SMILES string of the molecule is CCCCCCC/C=C\C/C=C\CCCCCCCCCCCCCCCCCC(=O)NC(CO)C(O)CCCCCCCCCCCCCCCCCCCCCCCCCCCC. The Kier molecular flexibility index (Phi) is 56.2. The van der Waals surface area contributed by atoms with Crippen molar-refractivity contribution in [1.29, 1.82) is 0 Å². The second kappa shape index (κ2) is 57.2. The quantitative estimate of drug-likeness (QED) is 0.0421. The highest BCUT2D eigenvalue weighted by Gasteiger charge is 2.20. The van der Waals surface area contributed by atoms with Gasteiger partial charge in [0.05, 0.1) is 18.8 Å². The molecule has 0 aliphatic carbocycles. The Balaban J connectivity index is 3.42. The third-order valence-corrected chi connectivity index (χ3v) is 14.2. The van der Waals surface area contributed by atoms with Gasteiger partial charge in [0.25, 0.3) is 0 Å². The fourth-order valence-electron chi connectivity index (χ4n) is 9.63. The van der Waals surface area contributed by atoms with Gasteiger partial charge in [-0.15, -0.1) is 0 Å². The van der Waals surface area contributed by atoms with Gasteiger partial charge in [-0.3, -0.25) is 4.79 Å². The Morgan fingerprint density at radius 1 is 0.369 bits per heavy atom. The van der Waals surface area contributed by atoms with Gasteiger partial charge in [0, 0.05) is 6.42 Å². The van der Waals surface area contributed by atoms with Gasteiger partial charge in [0.15, 0.2) is 0 Å². The van der Waals surface area contributed by atoms with Crippen molar-refractivity contribution in [2.45, 2.75) is 353 Å². The summed E-state index contributed by atoms with van der Waals surface area (Å²) >= 11 is 0. The summed E-state index contributed by atoms with van der Waals surface area (Å²) in [4.78, 5) is 12.5. The molecule has 4 heteroatoms. The maximum Gasteiger partial charge on any atom is 0.220 e. The molecule has 0 saturated carbocycles. The largest absolute Gasteiger partial charge is 0.394 e. The van der Waals surface area contributed by atoms with Gasteiger partial charge in [0.2, 0.25) is 5.91 Å². The van der Waals surface area contributed by atoms with Crippen LogP contribution in [0.15, 0.2) is 24.3 Å². The summed E-state index contributed by atoms with van der Waals surface area (Å²) in [7, 11) is 0. The molecule has 0 fully saturated rings. The minimum absolute atomic E-state index is 0.0253. The Labute approximate surface area is 409 Å². The lowest BCUT2D eigenvalue weighted by Gasteiger charge is -2.22. The number of allylic oxidation sites excluding steroid dienone is 4. The summed E-state index contributed by atoms with van der Waals surface area (Å²) in [6.07, 6.45) is 76.1. The number of hydrogen-bond donors (Lipinski definition) is 3. The van der Waals surface area contributed by atoms with Gasteiger partial charge in [0.1, 0.15) is 0 Å². The minimum atomic E-state index is -0.659. The van der Waals surface area contributed by atoms with E-state index >= 15 is 0 Å². The zero-order chi connectivity index (χ0) is 47.0. The van der Waals surface area contributed by atoms with E-state index in [1.165, 1.54) is 283 Å². The van der Waals surface area contributed by atoms with Crippen LogP contribution < -0.4 is 5.32 Å². The van der Waals surface area contributed by atoms with Crippen molar-refractivity contribution in [3.8, 4) is 0 Å². The van der Waals surface area contributed by atoms with Gasteiger partial charge < -0.3 is 15.5 Å². The van der Waals surface area contributed by atoms with Crippen molar-refractivity contribution in [1.82, 2.24) is 5.32 Å². The molecule has 1 amide bonds. The molecule has 0 aromatic rings. The lowest BCUT2D eigenvalue weighted by molar-refractivity contribution is -0.123. The van der Waals surface area contributed by atoms with Crippen LogP contribution in [0.3, 0.4) is 0 Å². The number of nitrogens with one attached hydrogen (secondary N) is 1. The van der Waals surface area contributed by atoms with E-state index in [1.54, 1.807) is 0 Å². The van der Waals surface area contributed by atoms with Crippen LogP contribution in [0.2, 0.25) is 0 Å². The molecule has 0 heterocycles. The van der Waals surface area contributed by atoms with Crippen molar-refractivity contribution in [2.75, 3.05) is 6.61 Å². The van der Waals surface area contributed by atoms with Gasteiger partial charge >= 0.3 is 0 Å². The molecule has 0 saturated heterocycles. The highest BCUT2D eigenvalue weighted by Crippen LogP contribution is 2.18. The first-order chi connectivity index (χ1) is 32.2. The van der Waals surface area contributed by atoms with Crippen LogP contribution in [0.4, 0.5) is 0 Å². The number of amides is 1. The van der Waals surface area contributed by atoms with Crippen LogP contribution >= 0.6 is 0 Å². The van der Waals surface area contributed by atoms with Crippen molar-refractivity contribution in [3.05, 3.63) is 24.3 Å². The van der Waals surface area contributed by atoms with Gasteiger partial charge in [-0.2, -0.15) is 0 Å². The molecule has 386 valence electrons. The van der Waals surface area contributed by atoms with Gasteiger partial charge in [-0.05, 0) is 44.9 Å². The van der Waals surface area contributed by atoms with Gasteiger partial charge in [-0.1, -0.05) is 314 Å². The lowest BCUT2D eigenvalue weighted by Crippen LogP contribution is -2.45. The van der Waals surface area contributed by atoms with E-state index in [1.807, 2.05) is 0 Å². The second-order valence-corrected chi connectivity index (χ2v) is 20.8. The normalized spacial score (nSPS) is 12.9. The average Bonchev–Trinajstić information content (AvgIpc) is 3.31. The Bertz CT molecular complexity index is 947. The molecular formula is C61H119NO3. The molecule has 0 rings (SSSR count). The third kappa shape index (κ3) is 53.7. The number of hydrogen-bond acceptors (Lipinski definition) is 3. The molecule has 0 bridgehead atoms. The Morgan fingerprint density at radius 2 is 0.631 bits per heavy atom. The average molecular weight is 915 g/mol. The van der Waals surface area contributed by atoms with E-state index in [2.05, 4.69) is 43.5 Å². The number of carbonyl (C=O) groups is 1. The summed E-state index contributed by atoms with van der Waals surface area (Å²) in [5, 5.41) is 23.4. The molecule has 4 nitrogen and oxygen atoms in total.